The molecule has 13 heteroatoms. The zero-order valence-electron chi connectivity index (χ0n) is 23.5. The first-order chi connectivity index (χ1) is 17.7. The van der Waals surface area contributed by atoms with Crippen LogP contribution in [0.2, 0.25) is 0 Å². The number of aliphatic hydroxyl groups is 4. The number of ketones is 2. The van der Waals surface area contributed by atoms with Crippen molar-refractivity contribution in [2.24, 2.45) is 17.3 Å². The van der Waals surface area contributed by atoms with Crippen molar-refractivity contribution >= 4 is 28.8 Å². The minimum Gasteiger partial charge on any atom is -0.395 e. The summed E-state index contributed by atoms with van der Waals surface area (Å²) in [5.41, 5.74) is -4.54. The predicted octanol–water partition coefficient (Wildman–Crippen LogP) is 3.24. The monoisotopic (exact) mass is 590 g/mol. The van der Waals surface area contributed by atoms with Gasteiger partial charge in [-0.15, -0.1) is 0 Å². The van der Waals surface area contributed by atoms with Crippen LogP contribution in [0.3, 0.4) is 0 Å². The van der Waals surface area contributed by atoms with Crippen molar-refractivity contribution in [1.29, 1.82) is 0 Å². The van der Waals surface area contributed by atoms with Gasteiger partial charge in [-0.2, -0.15) is 0 Å². The Morgan fingerprint density at radius 3 is 1.18 bits per heavy atom. The van der Waals surface area contributed by atoms with E-state index in [-0.39, 0.29) is 12.8 Å². The molecule has 11 nitrogen and oxygen atoms in total. The number of carbonyl (C=O) groups excluding carboxylic acids is 2. The van der Waals surface area contributed by atoms with E-state index in [2.05, 4.69) is 32.0 Å². The van der Waals surface area contributed by atoms with E-state index in [0.29, 0.717) is 24.7 Å². The Morgan fingerprint density at radius 1 is 0.632 bits per heavy atom. The topological polar surface area (TPSA) is 205 Å². The number of unbranched alkanes of at least 4 members (excludes halogenated alkanes) is 6. The van der Waals surface area contributed by atoms with E-state index in [1.807, 2.05) is 0 Å². The summed E-state index contributed by atoms with van der Waals surface area (Å²) in [6.45, 7) is 6.11. The van der Waals surface area contributed by atoms with Crippen molar-refractivity contribution in [1.82, 2.24) is 0 Å². The second-order valence-corrected chi connectivity index (χ2v) is 12.3. The fraction of sp³-hybridized carbons (Fsp3) is 0.920. The summed E-state index contributed by atoms with van der Waals surface area (Å²) in [7, 11) is -5.22. The summed E-state index contributed by atoms with van der Waals surface area (Å²) in [5.74, 6) is -0.153. The molecule has 0 unspecified atom stereocenters. The Balaban J connectivity index is 0. The molecular weight excluding hydrogens is 538 g/mol. The van der Waals surface area contributed by atoms with Gasteiger partial charge in [-0.05, 0) is 24.7 Å². The molecule has 0 amide bonds. The highest BCUT2D eigenvalue weighted by atomic mass is 31.2. The number of Topliss-reactive ketones (excluding diaryl/α,β-unsaturated/α-hetero) is 2. The lowest BCUT2D eigenvalue weighted by atomic mass is 9.66. The Labute approximate surface area is 230 Å². The molecule has 0 aromatic rings. The van der Waals surface area contributed by atoms with Gasteiger partial charge in [0.05, 0.1) is 25.2 Å². The molecular formula is C25H52O11P2. The first kappa shape index (κ1) is 40.0. The van der Waals surface area contributed by atoms with E-state index in [4.69, 9.17) is 19.6 Å². The smallest absolute Gasteiger partial charge is 0.334 e. The molecule has 8 N–H and O–H groups in total. The van der Waals surface area contributed by atoms with Gasteiger partial charge in [-0.1, -0.05) is 79.1 Å². The molecule has 0 bridgehead atoms. The van der Waals surface area contributed by atoms with Crippen LogP contribution in [-0.4, -0.2) is 77.0 Å². The molecule has 0 saturated carbocycles. The lowest BCUT2D eigenvalue weighted by Crippen LogP contribution is -2.64. The van der Waals surface area contributed by atoms with Crippen LogP contribution in [0, 0.1) is 17.3 Å². The number of hydrogen-bond acceptors (Lipinski definition) is 11. The molecule has 0 heterocycles. The van der Waals surface area contributed by atoms with Crippen molar-refractivity contribution < 1.29 is 53.9 Å². The largest absolute Gasteiger partial charge is 0.395 e. The van der Waals surface area contributed by atoms with E-state index < -0.39 is 59.6 Å². The van der Waals surface area contributed by atoms with Crippen molar-refractivity contribution in [3.05, 3.63) is 0 Å². The van der Waals surface area contributed by atoms with Crippen molar-refractivity contribution in [2.75, 3.05) is 19.8 Å². The highest BCUT2D eigenvalue weighted by molar-refractivity contribution is 7.53. The normalized spacial score (nSPS) is 12.4. The maximum Gasteiger partial charge on any atom is 0.334 e. The SMILES string of the molecule is CC(C)CCCCCCC(=O)C(O)(C(=O)CCCCCCC(C)C)C(CO)(CO)CO.OP(O)OP(O)O. The summed E-state index contributed by atoms with van der Waals surface area (Å²) in [6, 6.07) is 0. The van der Waals surface area contributed by atoms with Gasteiger partial charge in [0.25, 0.3) is 0 Å². The van der Waals surface area contributed by atoms with E-state index in [1.165, 1.54) is 0 Å². The lowest BCUT2D eigenvalue weighted by Gasteiger charge is -2.41. The summed E-state index contributed by atoms with van der Waals surface area (Å²) < 4.78 is 3.60. The number of rotatable bonds is 22. The van der Waals surface area contributed by atoms with Crippen LogP contribution in [0.1, 0.15) is 105 Å². The van der Waals surface area contributed by atoms with Crippen LogP contribution in [0.15, 0.2) is 0 Å². The fourth-order valence-corrected chi connectivity index (χ4v) is 4.57. The minimum atomic E-state index is -2.61. The number of aliphatic hydroxyl groups excluding tert-OH is 3. The molecule has 0 atom stereocenters. The molecule has 0 aliphatic carbocycles. The number of carbonyl (C=O) groups is 2. The van der Waals surface area contributed by atoms with Gasteiger partial charge in [-0.25, -0.2) is 4.31 Å². The Hall–Kier alpha value is -0.160. The van der Waals surface area contributed by atoms with Gasteiger partial charge < -0.3 is 40.0 Å². The van der Waals surface area contributed by atoms with Crippen LogP contribution in [0.25, 0.3) is 0 Å². The molecule has 0 saturated heterocycles. The summed E-state index contributed by atoms with van der Waals surface area (Å²) in [4.78, 5) is 57.2. The molecule has 0 radical (unpaired) electrons. The van der Waals surface area contributed by atoms with Gasteiger partial charge in [0.15, 0.2) is 17.2 Å². The second-order valence-electron chi connectivity index (χ2n) is 10.6. The lowest BCUT2D eigenvalue weighted by molar-refractivity contribution is -0.183. The molecule has 0 aromatic heterocycles. The summed E-state index contributed by atoms with van der Waals surface area (Å²) in [5, 5.41) is 40.7. The van der Waals surface area contributed by atoms with Crippen molar-refractivity contribution in [3.8, 4) is 0 Å². The van der Waals surface area contributed by atoms with Crippen LogP contribution >= 0.6 is 17.2 Å². The zero-order valence-corrected chi connectivity index (χ0v) is 25.2. The van der Waals surface area contributed by atoms with Crippen LogP contribution in [-0.2, 0) is 13.9 Å². The highest BCUT2D eigenvalue weighted by Gasteiger charge is 2.58. The van der Waals surface area contributed by atoms with E-state index in [0.717, 1.165) is 51.4 Å². The summed E-state index contributed by atoms with van der Waals surface area (Å²) >= 11 is 0. The third kappa shape index (κ3) is 16.2. The first-order valence-electron chi connectivity index (χ1n) is 13.4. The molecule has 38 heavy (non-hydrogen) atoms. The van der Waals surface area contributed by atoms with Crippen LogP contribution in [0.4, 0.5) is 0 Å². The zero-order chi connectivity index (χ0) is 29.8. The highest BCUT2D eigenvalue weighted by Crippen LogP contribution is 2.41. The van der Waals surface area contributed by atoms with Crippen molar-refractivity contribution in [3.63, 3.8) is 0 Å². The predicted molar refractivity (Wildman–Crippen MR) is 148 cm³/mol. The summed E-state index contributed by atoms with van der Waals surface area (Å²) in [6.07, 6.45) is 8.97. The van der Waals surface area contributed by atoms with Crippen LogP contribution < -0.4 is 0 Å². The molecule has 0 fully saturated rings. The standard InChI is InChI=1S/C25H48O6.H4O5P2/c1-20(2)13-9-5-7-11-15-22(29)25(31,24(17-26,18-27)19-28)23(30)16-12-8-6-10-14-21(3)4;1-6(2)5-7(3)4/h20-21,26-28,31H,5-19H2,1-4H3;1-4H. The Morgan fingerprint density at radius 2 is 0.947 bits per heavy atom. The minimum absolute atomic E-state index is 0.0138. The van der Waals surface area contributed by atoms with E-state index in [1.54, 1.807) is 0 Å². The third-order valence-electron chi connectivity index (χ3n) is 6.50. The van der Waals surface area contributed by atoms with Gasteiger partial charge in [0, 0.05) is 12.8 Å². The second kappa shape index (κ2) is 22.5. The maximum atomic E-state index is 13.0. The molecule has 0 aliphatic heterocycles. The molecule has 0 aliphatic rings. The first-order valence-corrected chi connectivity index (χ1v) is 15.7. The van der Waals surface area contributed by atoms with E-state index in [9.17, 15) is 30.0 Å². The maximum absolute atomic E-state index is 13.0. The molecule has 228 valence electrons. The van der Waals surface area contributed by atoms with Crippen molar-refractivity contribution in [2.45, 2.75) is 110 Å². The third-order valence-corrected chi connectivity index (χ3v) is 7.67. The van der Waals surface area contributed by atoms with Crippen LogP contribution in [0.5, 0.6) is 0 Å². The Kier molecular flexibility index (Phi) is 23.7. The molecule has 0 spiro atoms. The average molecular weight is 591 g/mol. The fourth-order valence-electron chi connectivity index (χ4n) is 4.05. The van der Waals surface area contributed by atoms with Gasteiger partial charge in [0.1, 0.15) is 0 Å². The molecule has 0 rings (SSSR count). The quantitative estimate of drug-likeness (QED) is 0.0522. The van der Waals surface area contributed by atoms with Gasteiger partial charge >= 0.3 is 17.2 Å². The Bertz CT molecular complexity index is 566. The average Bonchev–Trinajstić information content (AvgIpc) is 2.83. The van der Waals surface area contributed by atoms with E-state index >= 15 is 0 Å². The van der Waals surface area contributed by atoms with Gasteiger partial charge in [0.2, 0.25) is 0 Å². The molecule has 0 aromatic carbocycles. The van der Waals surface area contributed by atoms with Gasteiger partial charge in [-0.3, -0.25) is 9.59 Å². The number of hydrogen-bond donors (Lipinski definition) is 8.